The van der Waals surface area contributed by atoms with Crippen LogP contribution in [-0.2, 0) is 0 Å². The van der Waals surface area contributed by atoms with Crippen molar-refractivity contribution in [2.24, 2.45) is 0 Å². The zero-order chi connectivity index (χ0) is 14.3. The van der Waals surface area contributed by atoms with Crippen molar-refractivity contribution in [2.75, 3.05) is 0 Å². The third-order valence-electron chi connectivity index (χ3n) is 3.54. The summed E-state index contributed by atoms with van der Waals surface area (Å²) in [5, 5.41) is 11.3. The minimum Gasteiger partial charge on any atom is -0.458 e. The molecular weight excluding hydrogens is 255 g/mol. The lowest BCUT2D eigenvalue weighted by Crippen LogP contribution is -1.99. The van der Waals surface area contributed by atoms with E-state index >= 15 is 0 Å². The molecule has 102 valence electrons. The molecule has 3 rings (SSSR count). The highest BCUT2D eigenvalue weighted by molar-refractivity contribution is 5.81. The molecule has 3 aromatic rings. The van der Waals surface area contributed by atoms with Crippen LogP contribution >= 0.6 is 0 Å². The van der Waals surface area contributed by atoms with Gasteiger partial charge in [0.15, 0.2) is 0 Å². The average molecular weight is 270 g/mol. The van der Waals surface area contributed by atoms with Gasteiger partial charge in [-0.15, -0.1) is 0 Å². The molecule has 0 amide bonds. The predicted octanol–water partition coefficient (Wildman–Crippen LogP) is 4.27. The summed E-state index contributed by atoms with van der Waals surface area (Å²) in [5.74, 6) is 0.103. The van der Waals surface area contributed by atoms with Crippen LogP contribution in [0.15, 0.2) is 46.9 Å². The van der Waals surface area contributed by atoms with Crippen molar-refractivity contribution in [3.05, 3.63) is 70.7 Å². The molecule has 0 aliphatic rings. The van der Waals surface area contributed by atoms with Crippen LogP contribution in [0.2, 0.25) is 0 Å². The first-order valence-corrected chi connectivity index (χ1v) is 6.49. The van der Waals surface area contributed by atoms with Crippen molar-refractivity contribution in [1.29, 1.82) is 0 Å². The lowest BCUT2D eigenvalue weighted by atomic mass is 10.0. The van der Waals surface area contributed by atoms with E-state index in [2.05, 4.69) is 0 Å². The molecule has 20 heavy (non-hydrogen) atoms. The number of aliphatic hydroxyl groups is 1. The second-order valence-corrected chi connectivity index (χ2v) is 5.05. The summed E-state index contributed by atoms with van der Waals surface area (Å²) in [4.78, 5) is 0. The fraction of sp³-hybridized carbons (Fsp3) is 0.176. The van der Waals surface area contributed by atoms with Crippen molar-refractivity contribution >= 4 is 11.0 Å². The van der Waals surface area contributed by atoms with Crippen LogP contribution in [0.25, 0.3) is 11.0 Å². The monoisotopic (exact) mass is 270 g/mol. The third kappa shape index (κ3) is 2.10. The number of para-hydroxylation sites is 1. The van der Waals surface area contributed by atoms with Crippen LogP contribution in [0.5, 0.6) is 0 Å². The Balaban J connectivity index is 2.05. The largest absolute Gasteiger partial charge is 0.458 e. The molecule has 0 saturated heterocycles. The van der Waals surface area contributed by atoms with Gasteiger partial charge in [0.1, 0.15) is 23.3 Å². The van der Waals surface area contributed by atoms with Gasteiger partial charge < -0.3 is 9.52 Å². The second-order valence-electron chi connectivity index (χ2n) is 5.05. The summed E-state index contributed by atoms with van der Waals surface area (Å²) >= 11 is 0. The standard InChI is InChI=1S/C17H15FO2/c1-10-6-7-12(8-14(10)18)16(19)15-9-13-5-3-4-11(2)17(13)20-15/h3-9,16,19H,1-2H3. The Morgan fingerprint density at radius 1 is 1.05 bits per heavy atom. The van der Waals surface area contributed by atoms with Gasteiger partial charge in [-0.25, -0.2) is 4.39 Å². The molecule has 2 aromatic carbocycles. The lowest BCUT2D eigenvalue weighted by Gasteiger charge is -2.09. The number of hydrogen-bond acceptors (Lipinski definition) is 2. The molecule has 1 unspecified atom stereocenters. The fourth-order valence-electron chi connectivity index (χ4n) is 2.31. The van der Waals surface area contributed by atoms with Gasteiger partial charge in [-0.1, -0.05) is 30.3 Å². The van der Waals surface area contributed by atoms with E-state index in [1.807, 2.05) is 25.1 Å². The number of hydrogen-bond donors (Lipinski definition) is 1. The molecular formula is C17H15FO2. The Kier molecular flexibility index (Phi) is 3.07. The number of benzene rings is 2. The summed E-state index contributed by atoms with van der Waals surface area (Å²) in [6.07, 6.45) is -0.961. The van der Waals surface area contributed by atoms with Crippen molar-refractivity contribution in [1.82, 2.24) is 0 Å². The maximum Gasteiger partial charge on any atom is 0.138 e. The molecule has 2 nitrogen and oxygen atoms in total. The van der Waals surface area contributed by atoms with Crippen molar-refractivity contribution in [3.8, 4) is 0 Å². The van der Waals surface area contributed by atoms with Gasteiger partial charge in [0.25, 0.3) is 0 Å². The van der Waals surface area contributed by atoms with E-state index in [-0.39, 0.29) is 5.82 Å². The van der Waals surface area contributed by atoms with E-state index < -0.39 is 6.10 Å². The number of fused-ring (bicyclic) bond motifs is 1. The van der Waals surface area contributed by atoms with Crippen molar-refractivity contribution in [3.63, 3.8) is 0 Å². The number of aliphatic hydroxyl groups excluding tert-OH is 1. The maximum absolute atomic E-state index is 13.6. The quantitative estimate of drug-likeness (QED) is 0.754. The van der Waals surface area contributed by atoms with Crippen molar-refractivity contribution in [2.45, 2.75) is 20.0 Å². The van der Waals surface area contributed by atoms with E-state index in [9.17, 15) is 9.50 Å². The molecule has 1 N–H and O–H groups in total. The van der Waals surface area contributed by atoms with Gasteiger partial charge in [0, 0.05) is 5.39 Å². The van der Waals surface area contributed by atoms with Crippen LogP contribution in [0.4, 0.5) is 4.39 Å². The number of furan rings is 1. The van der Waals surface area contributed by atoms with Crippen LogP contribution in [0.3, 0.4) is 0 Å². The second kappa shape index (κ2) is 4.76. The summed E-state index contributed by atoms with van der Waals surface area (Å²) in [6, 6.07) is 12.3. The highest BCUT2D eigenvalue weighted by Gasteiger charge is 2.17. The van der Waals surface area contributed by atoms with Crippen LogP contribution in [0, 0.1) is 19.7 Å². The van der Waals surface area contributed by atoms with Crippen LogP contribution < -0.4 is 0 Å². The summed E-state index contributed by atoms with van der Waals surface area (Å²) in [5.41, 5.74) is 2.82. The first kappa shape index (κ1) is 12.9. The molecule has 0 aliphatic carbocycles. The molecule has 1 heterocycles. The Hall–Kier alpha value is -2.13. The Labute approximate surface area is 116 Å². The zero-order valence-electron chi connectivity index (χ0n) is 11.4. The average Bonchev–Trinajstić information content (AvgIpc) is 2.86. The first-order chi connectivity index (χ1) is 9.56. The van der Waals surface area contributed by atoms with Gasteiger partial charge in [0.05, 0.1) is 0 Å². The zero-order valence-corrected chi connectivity index (χ0v) is 11.4. The smallest absolute Gasteiger partial charge is 0.138 e. The molecule has 1 atom stereocenters. The van der Waals surface area contributed by atoms with Gasteiger partial charge >= 0.3 is 0 Å². The molecule has 0 radical (unpaired) electrons. The van der Waals surface area contributed by atoms with Gasteiger partial charge in [0.2, 0.25) is 0 Å². The Morgan fingerprint density at radius 2 is 1.85 bits per heavy atom. The number of halogens is 1. The third-order valence-corrected chi connectivity index (χ3v) is 3.54. The van der Waals surface area contributed by atoms with Crippen LogP contribution in [-0.4, -0.2) is 5.11 Å². The van der Waals surface area contributed by atoms with Gasteiger partial charge in [-0.2, -0.15) is 0 Å². The molecule has 1 aromatic heterocycles. The summed E-state index contributed by atoms with van der Waals surface area (Å²) < 4.78 is 19.3. The topological polar surface area (TPSA) is 33.4 Å². The number of rotatable bonds is 2. The molecule has 3 heteroatoms. The Morgan fingerprint density at radius 3 is 2.55 bits per heavy atom. The summed E-state index contributed by atoms with van der Waals surface area (Å²) in [7, 11) is 0. The summed E-state index contributed by atoms with van der Waals surface area (Å²) in [6.45, 7) is 3.64. The first-order valence-electron chi connectivity index (χ1n) is 6.49. The van der Waals surface area contributed by atoms with E-state index in [4.69, 9.17) is 4.42 Å². The maximum atomic E-state index is 13.6. The number of aryl methyl sites for hydroxylation is 2. The van der Waals surface area contributed by atoms with Gasteiger partial charge in [-0.3, -0.25) is 0 Å². The van der Waals surface area contributed by atoms with Crippen LogP contribution in [0.1, 0.15) is 28.6 Å². The molecule has 0 fully saturated rings. The van der Waals surface area contributed by atoms with Gasteiger partial charge in [-0.05, 0) is 42.7 Å². The highest BCUT2D eigenvalue weighted by Crippen LogP contribution is 2.30. The van der Waals surface area contributed by atoms with E-state index in [0.29, 0.717) is 16.9 Å². The van der Waals surface area contributed by atoms with Crippen molar-refractivity contribution < 1.29 is 13.9 Å². The Bertz CT molecular complexity index is 774. The molecule has 0 saturated carbocycles. The van der Waals surface area contributed by atoms with E-state index in [1.54, 1.807) is 25.1 Å². The lowest BCUT2D eigenvalue weighted by molar-refractivity contribution is 0.192. The minimum atomic E-state index is -0.961. The molecule has 0 bridgehead atoms. The molecule has 0 spiro atoms. The predicted molar refractivity (Wildman–Crippen MR) is 76.1 cm³/mol. The highest BCUT2D eigenvalue weighted by atomic mass is 19.1. The SMILES string of the molecule is Cc1ccc(C(O)c2cc3cccc(C)c3o2)cc1F. The fourth-order valence-corrected chi connectivity index (χ4v) is 2.31. The van der Waals surface area contributed by atoms with E-state index in [1.165, 1.54) is 6.07 Å². The minimum absolute atomic E-state index is 0.325. The molecule has 0 aliphatic heterocycles. The van der Waals surface area contributed by atoms with E-state index in [0.717, 1.165) is 16.5 Å². The normalized spacial score (nSPS) is 12.8.